The third-order valence-corrected chi connectivity index (χ3v) is 6.51. The molecule has 3 heterocycles. The highest BCUT2D eigenvalue weighted by molar-refractivity contribution is 6.10. The van der Waals surface area contributed by atoms with Gasteiger partial charge in [0.05, 0.1) is 5.69 Å². The molecule has 4 aliphatic rings. The van der Waals surface area contributed by atoms with Gasteiger partial charge in [0, 0.05) is 24.4 Å². The number of para-hydroxylation sites is 1. The van der Waals surface area contributed by atoms with Gasteiger partial charge in [-0.3, -0.25) is 9.59 Å². The van der Waals surface area contributed by atoms with Crippen LogP contribution in [0.5, 0.6) is 11.5 Å². The summed E-state index contributed by atoms with van der Waals surface area (Å²) in [5.74, 6) is 1.20. The number of carbonyl (C=O) groups excluding carboxylic acids is 2. The number of ether oxygens (including phenoxy) is 2. The number of amides is 2. The van der Waals surface area contributed by atoms with Crippen molar-refractivity contribution in [3.63, 3.8) is 0 Å². The summed E-state index contributed by atoms with van der Waals surface area (Å²) in [4.78, 5) is 27.4. The Morgan fingerprint density at radius 2 is 1.89 bits per heavy atom. The summed E-state index contributed by atoms with van der Waals surface area (Å²) >= 11 is 0. The van der Waals surface area contributed by atoms with Crippen molar-refractivity contribution in [3.8, 4) is 11.5 Å². The van der Waals surface area contributed by atoms with E-state index in [4.69, 9.17) is 9.47 Å². The lowest BCUT2D eigenvalue weighted by atomic mass is 9.76. The molecule has 2 amide bonds. The van der Waals surface area contributed by atoms with Gasteiger partial charge in [0.25, 0.3) is 5.91 Å². The molecule has 6 heteroatoms. The minimum atomic E-state index is -0.864. The lowest BCUT2D eigenvalue weighted by Crippen LogP contribution is -2.59. The fourth-order valence-corrected chi connectivity index (χ4v) is 4.82. The molecule has 1 saturated carbocycles. The average Bonchev–Trinajstić information content (AvgIpc) is 3.15. The predicted octanol–water partition coefficient (Wildman–Crippen LogP) is 2.60. The van der Waals surface area contributed by atoms with Crippen LogP contribution in [0.3, 0.4) is 0 Å². The molecule has 0 bridgehead atoms. The van der Waals surface area contributed by atoms with E-state index >= 15 is 0 Å². The van der Waals surface area contributed by atoms with Crippen LogP contribution in [0.25, 0.3) is 0 Å². The number of anilines is 2. The molecule has 0 saturated heterocycles. The highest BCUT2D eigenvalue weighted by atomic mass is 16.5. The summed E-state index contributed by atoms with van der Waals surface area (Å²) in [7, 11) is 1.78. The van der Waals surface area contributed by atoms with Crippen LogP contribution in [0.1, 0.15) is 30.4 Å². The van der Waals surface area contributed by atoms with Crippen LogP contribution in [0.4, 0.5) is 11.4 Å². The molecule has 1 N–H and O–H groups in total. The Bertz CT molecular complexity index is 1040. The number of nitrogens with zero attached hydrogens (tertiary/aromatic N) is 1. The molecule has 1 aliphatic carbocycles. The summed E-state index contributed by atoms with van der Waals surface area (Å²) in [6.07, 6.45) is 2.46. The first-order valence-corrected chi connectivity index (χ1v) is 9.25. The Hall–Kier alpha value is -3.02. The number of carbonyl (C=O) groups is 2. The minimum absolute atomic E-state index is 0.00198. The molecule has 2 spiro atoms. The second-order valence-electron chi connectivity index (χ2n) is 7.82. The van der Waals surface area contributed by atoms with Crippen LogP contribution in [-0.4, -0.2) is 31.1 Å². The first-order valence-electron chi connectivity index (χ1n) is 9.25. The van der Waals surface area contributed by atoms with E-state index in [9.17, 15) is 9.59 Å². The fourth-order valence-electron chi connectivity index (χ4n) is 4.82. The number of hydrogen-bond acceptors (Lipinski definition) is 4. The maximum Gasteiger partial charge on any atom is 0.271 e. The number of fused-ring (bicyclic) bond motifs is 5. The van der Waals surface area contributed by atoms with Crippen molar-refractivity contribution in [1.82, 2.24) is 0 Å². The zero-order valence-electron chi connectivity index (χ0n) is 14.9. The van der Waals surface area contributed by atoms with Crippen molar-refractivity contribution < 1.29 is 19.1 Å². The number of benzene rings is 2. The molecule has 2 aromatic rings. The van der Waals surface area contributed by atoms with E-state index in [1.54, 1.807) is 11.9 Å². The molecule has 6 nitrogen and oxygen atoms in total. The molecule has 1 fully saturated rings. The standard InChI is InChI=1S/C21H18N2O4/c1-23-15-10-16-13(9-17(15)27-20(19(23)25)7-4-8-20)21(11-26-16)12-5-2-3-6-14(12)22-18(21)24/h2-3,5-6,9-10H,4,7-8,11H2,1H3,(H,22,24). The molecule has 6 rings (SSSR count). The van der Waals surface area contributed by atoms with Crippen LogP contribution in [-0.2, 0) is 15.0 Å². The smallest absolute Gasteiger partial charge is 0.271 e. The van der Waals surface area contributed by atoms with Gasteiger partial charge in [-0.15, -0.1) is 0 Å². The van der Waals surface area contributed by atoms with Gasteiger partial charge < -0.3 is 19.7 Å². The first kappa shape index (κ1) is 15.1. The first-order chi connectivity index (χ1) is 13.1. The van der Waals surface area contributed by atoms with Gasteiger partial charge in [-0.25, -0.2) is 0 Å². The Morgan fingerprint density at radius 1 is 1.07 bits per heavy atom. The van der Waals surface area contributed by atoms with Gasteiger partial charge in [-0.05, 0) is 37.0 Å². The van der Waals surface area contributed by atoms with Gasteiger partial charge in [-0.2, -0.15) is 0 Å². The summed E-state index contributed by atoms with van der Waals surface area (Å²) < 4.78 is 12.2. The lowest BCUT2D eigenvalue weighted by Gasteiger charge is -2.46. The van der Waals surface area contributed by atoms with Crippen molar-refractivity contribution in [2.24, 2.45) is 0 Å². The number of likely N-dealkylation sites (N-methyl/N-ethyl adjacent to an activating group) is 1. The predicted molar refractivity (Wildman–Crippen MR) is 98.4 cm³/mol. The van der Waals surface area contributed by atoms with Crippen molar-refractivity contribution in [2.45, 2.75) is 30.3 Å². The van der Waals surface area contributed by atoms with E-state index in [0.717, 1.165) is 36.1 Å². The van der Waals surface area contributed by atoms with E-state index in [2.05, 4.69) is 5.32 Å². The maximum atomic E-state index is 13.0. The highest BCUT2D eigenvalue weighted by Crippen LogP contribution is 2.55. The fraction of sp³-hybridized carbons (Fsp3) is 0.333. The average molecular weight is 362 g/mol. The third-order valence-electron chi connectivity index (χ3n) is 6.51. The normalized spacial score (nSPS) is 26.0. The second kappa shape index (κ2) is 4.63. The minimum Gasteiger partial charge on any atom is -0.491 e. The Morgan fingerprint density at radius 3 is 2.67 bits per heavy atom. The van der Waals surface area contributed by atoms with Gasteiger partial charge in [0.1, 0.15) is 23.5 Å². The van der Waals surface area contributed by atoms with Gasteiger partial charge >= 0.3 is 0 Å². The van der Waals surface area contributed by atoms with Crippen LogP contribution in [0.2, 0.25) is 0 Å². The Kier molecular flexibility index (Phi) is 2.58. The van der Waals surface area contributed by atoms with Crippen molar-refractivity contribution in [1.29, 1.82) is 0 Å². The zero-order valence-corrected chi connectivity index (χ0v) is 14.9. The van der Waals surface area contributed by atoms with E-state index in [1.165, 1.54) is 0 Å². The summed E-state index contributed by atoms with van der Waals surface area (Å²) in [5, 5.41) is 2.98. The largest absolute Gasteiger partial charge is 0.491 e. The quantitative estimate of drug-likeness (QED) is 0.782. The van der Waals surface area contributed by atoms with Crippen molar-refractivity contribution in [2.75, 3.05) is 23.9 Å². The molecular formula is C21H18N2O4. The van der Waals surface area contributed by atoms with Gasteiger partial charge in [0.15, 0.2) is 5.60 Å². The molecular weight excluding hydrogens is 344 g/mol. The molecule has 1 atom stereocenters. The summed E-state index contributed by atoms with van der Waals surface area (Å²) in [6, 6.07) is 11.5. The molecule has 27 heavy (non-hydrogen) atoms. The van der Waals surface area contributed by atoms with Crippen LogP contribution in [0, 0.1) is 0 Å². The second-order valence-corrected chi connectivity index (χ2v) is 7.82. The maximum absolute atomic E-state index is 13.0. The van der Waals surface area contributed by atoms with Crippen molar-refractivity contribution >= 4 is 23.2 Å². The van der Waals surface area contributed by atoms with Gasteiger partial charge in [0.2, 0.25) is 5.91 Å². The summed E-state index contributed by atoms with van der Waals surface area (Å²) in [5.41, 5.74) is 1.64. The Labute approximate surface area is 156 Å². The third kappa shape index (κ3) is 1.62. The Balaban J connectivity index is 1.55. The highest BCUT2D eigenvalue weighted by Gasteiger charge is 2.56. The topological polar surface area (TPSA) is 67.9 Å². The molecule has 136 valence electrons. The number of rotatable bonds is 0. The molecule has 2 aromatic carbocycles. The van der Waals surface area contributed by atoms with Crippen LogP contribution < -0.4 is 19.7 Å². The molecule has 0 aromatic heterocycles. The van der Waals surface area contributed by atoms with E-state index in [1.807, 2.05) is 36.4 Å². The number of hydrogen-bond donors (Lipinski definition) is 1. The SMILES string of the molecule is CN1C(=O)C2(CCC2)Oc2cc3c(cc21)OCC31C(=O)Nc2ccccc21. The van der Waals surface area contributed by atoms with Gasteiger partial charge in [-0.1, -0.05) is 18.2 Å². The lowest BCUT2D eigenvalue weighted by molar-refractivity contribution is -0.142. The number of nitrogens with one attached hydrogen (secondary N) is 1. The van der Waals surface area contributed by atoms with Crippen LogP contribution in [0.15, 0.2) is 36.4 Å². The molecule has 1 unspecified atom stereocenters. The zero-order chi connectivity index (χ0) is 18.4. The molecule has 3 aliphatic heterocycles. The van der Waals surface area contributed by atoms with E-state index in [0.29, 0.717) is 17.2 Å². The van der Waals surface area contributed by atoms with Crippen LogP contribution >= 0.6 is 0 Å². The summed E-state index contributed by atoms with van der Waals surface area (Å²) in [6.45, 7) is 0.247. The van der Waals surface area contributed by atoms with E-state index < -0.39 is 11.0 Å². The van der Waals surface area contributed by atoms with E-state index in [-0.39, 0.29) is 18.4 Å². The molecule has 0 radical (unpaired) electrons. The monoisotopic (exact) mass is 362 g/mol. The van der Waals surface area contributed by atoms with Crippen molar-refractivity contribution in [3.05, 3.63) is 47.5 Å².